The Morgan fingerprint density at radius 1 is 1.47 bits per heavy atom. The zero-order chi connectivity index (χ0) is 14.0. The topological polar surface area (TPSA) is 37.4 Å². The fourth-order valence-electron chi connectivity index (χ4n) is 2.54. The van der Waals surface area contributed by atoms with E-state index in [1.54, 1.807) is 6.07 Å². The zero-order valence-corrected chi connectivity index (χ0v) is 13.4. The first-order valence-electron chi connectivity index (χ1n) is 6.64. The van der Waals surface area contributed by atoms with E-state index in [0.29, 0.717) is 24.4 Å². The first-order chi connectivity index (χ1) is 9.04. The van der Waals surface area contributed by atoms with Gasteiger partial charge in [-0.05, 0) is 53.5 Å². The maximum Gasteiger partial charge on any atom is 0.261 e. The lowest BCUT2D eigenvalue weighted by Gasteiger charge is -2.16. The van der Waals surface area contributed by atoms with Crippen LogP contribution in [0.2, 0.25) is 0 Å². The number of benzene rings is 1. The number of likely N-dealkylation sites (tertiary alicyclic amines) is 1. The van der Waals surface area contributed by atoms with Crippen molar-refractivity contribution < 1.29 is 9.59 Å². The summed E-state index contributed by atoms with van der Waals surface area (Å²) in [4.78, 5) is 25.9. The first-order valence-corrected chi connectivity index (χ1v) is 7.72. The van der Waals surface area contributed by atoms with Gasteiger partial charge in [-0.3, -0.25) is 14.5 Å². The van der Waals surface area contributed by atoms with Crippen molar-refractivity contribution in [3.63, 3.8) is 0 Å². The molecular weight excluding hydrogens is 353 g/mol. The van der Waals surface area contributed by atoms with Crippen LogP contribution in [-0.2, 0) is 4.79 Å². The van der Waals surface area contributed by atoms with Crippen LogP contribution in [0.5, 0.6) is 0 Å². The molecule has 1 heterocycles. The van der Waals surface area contributed by atoms with Crippen molar-refractivity contribution in [3.05, 3.63) is 32.9 Å². The third-order valence-corrected chi connectivity index (χ3v) is 5.00. The summed E-state index contributed by atoms with van der Waals surface area (Å²) in [6.07, 6.45) is 2.59. The lowest BCUT2D eigenvalue weighted by molar-refractivity contribution is -0.125. The van der Waals surface area contributed by atoms with Gasteiger partial charge in [0.15, 0.2) is 0 Å². The standard InChI is InChI=1S/C15H18INO2/c1-3-5-11-8-13(18)17(9-11)15(19)12-7-4-6-10(2)14(12)16/h4,6-7,11H,3,5,8-9H2,1-2H3. The van der Waals surface area contributed by atoms with E-state index >= 15 is 0 Å². The van der Waals surface area contributed by atoms with Crippen LogP contribution in [0.4, 0.5) is 0 Å². The van der Waals surface area contributed by atoms with Gasteiger partial charge in [0.25, 0.3) is 5.91 Å². The summed E-state index contributed by atoms with van der Waals surface area (Å²) in [6, 6.07) is 5.65. The number of hydrogen-bond donors (Lipinski definition) is 0. The molecule has 0 aromatic heterocycles. The zero-order valence-electron chi connectivity index (χ0n) is 11.3. The van der Waals surface area contributed by atoms with Crippen molar-refractivity contribution in [3.8, 4) is 0 Å². The Morgan fingerprint density at radius 3 is 2.89 bits per heavy atom. The van der Waals surface area contributed by atoms with Crippen LogP contribution < -0.4 is 0 Å². The molecular formula is C15H18INO2. The Hall–Kier alpha value is -0.910. The van der Waals surface area contributed by atoms with E-state index in [4.69, 9.17) is 0 Å². The van der Waals surface area contributed by atoms with Crippen LogP contribution >= 0.6 is 22.6 Å². The van der Waals surface area contributed by atoms with Crippen LogP contribution in [0.1, 0.15) is 42.1 Å². The van der Waals surface area contributed by atoms with Gasteiger partial charge < -0.3 is 0 Å². The molecule has 2 rings (SSSR count). The van der Waals surface area contributed by atoms with Gasteiger partial charge >= 0.3 is 0 Å². The Bertz CT molecular complexity index is 513. The highest BCUT2D eigenvalue weighted by molar-refractivity contribution is 14.1. The van der Waals surface area contributed by atoms with Crippen molar-refractivity contribution >= 4 is 34.4 Å². The van der Waals surface area contributed by atoms with Gasteiger partial charge in [0, 0.05) is 16.5 Å². The highest BCUT2D eigenvalue weighted by Crippen LogP contribution is 2.26. The average molecular weight is 371 g/mol. The SMILES string of the molecule is CCCC1CC(=O)N(C(=O)c2cccc(C)c2I)C1. The van der Waals surface area contributed by atoms with Gasteiger partial charge in [-0.25, -0.2) is 0 Å². The molecule has 0 aliphatic carbocycles. The van der Waals surface area contributed by atoms with Crippen LogP contribution in [0.25, 0.3) is 0 Å². The number of nitrogens with zero attached hydrogens (tertiary/aromatic N) is 1. The Balaban J connectivity index is 2.20. The second-order valence-electron chi connectivity index (χ2n) is 5.10. The Labute approximate surface area is 127 Å². The molecule has 4 heteroatoms. The molecule has 1 aromatic rings. The third kappa shape index (κ3) is 2.99. The predicted molar refractivity (Wildman–Crippen MR) is 83.0 cm³/mol. The van der Waals surface area contributed by atoms with Crippen molar-refractivity contribution in [2.75, 3.05) is 6.54 Å². The van der Waals surface area contributed by atoms with Crippen molar-refractivity contribution in [2.24, 2.45) is 5.92 Å². The molecule has 102 valence electrons. The molecule has 0 bridgehead atoms. The first kappa shape index (κ1) is 14.5. The molecule has 19 heavy (non-hydrogen) atoms. The summed E-state index contributed by atoms with van der Waals surface area (Å²) in [5.41, 5.74) is 1.72. The molecule has 0 radical (unpaired) electrons. The molecule has 3 nitrogen and oxygen atoms in total. The molecule has 1 saturated heterocycles. The van der Waals surface area contributed by atoms with E-state index in [0.717, 1.165) is 22.0 Å². The lowest BCUT2D eigenvalue weighted by Crippen LogP contribution is -2.33. The van der Waals surface area contributed by atoms with Crippen molar-refractivity contribution in [2.45, 2.75) is 33.1 Å². The van der Waals surface area contributed by atoms with E-state index in [1.807, 2.05) is 19.1 Å². The van der Waals surface area contributed by atoms with Crippen LogP contribution in [0, 0.1) is 16.4 Å². The van der Waals surface area contributed by atoms with Crippen LogP contribution in [-0.4, -0.2) is 23.3 Å². The Morgan fingerprint density at radius 2 is 2.21 bits per heavy atom. The number of aryl methyl sites for hydroxylation is 1. The van der Waals surface area contributed by atoms with Gasteiger partial charge in [0.2, 0.25) is 5.91 Å². The predicted octanol–water partition coefficient (Wildman–Crippen LogP) is 3.39. The lowest BCUT2D eigenvalue weighted by atomic mass is 10.0. The smallest absolute Gasteiger partial charge is 0.261 e. The van der Waals surface area contributed by atoms with E-state index in [9.17, 15) is 9.59 Å². The minimum Gasteiger partial charge on any atom is -0.278 e. The third-order valence-electron chi connectivity index (χ3n) is 3.57. The molecule has 1 aliphatic heterocycles. The summed E-state index contributed by atoms with van der Waals surface area (Å²) in [6.45, 7) is 4.66. The van der Waals surface area contributed by atoms with Crippen LogP contribution in [0.3, 0.4) is 0 Å². The molecule has 1 fully saturated rings. The normalized spacial score (nSPS) is 19.0. The highest BCUT2D eigenvalue weighted by atomic mass is 127. The summed E-state index contributed by atoms with van der Waals surface area (Å²) in [7, 11) is 0. The largest absolute Gasteiger partial charge is 0.278 e. The maximum absolute atomic E-state index is 12.5. The van der Waals surface area contributed by atoms with Crippen LogP contribution in [0.15, 0.2) is 18.2 Å². The average Bonchev–Trinajstić information content (AvgIpc) is 2.73. The second-order valence-corrected chi connectivity index (χ2v) is 6.18. The maximum atomic E-state index is 12.5. The van der Waals surface area contributed by atoms with Crippen molar-refractivity contribution in [1.29, 1.82) is 0 Å². The number of amides is 2. The minimum absolute atomic E-state index is 0.0271. The fraction of sp³-hybridized carbons (Fsp3) is 0.467. The van der Waals surface area contributed by atoms with Gasteiger partial charge in [0.05, 0.1) is 5.56 Å². The van der Waals surface area contributed by atoms with E-state index in [2.05, 4.69) is 29.5 Å². The quantitative estimate of drug-likeness (QED) is 0.604. The summed E-state index contributed by atoms with van der Waals surface area (Å²) in [5.74, 6) is 0.168. The molecule has 1 aliphatic rings. The van der Waals surface area contributed by atoms with Gasteiger partial charge in [-0.2, -0.15) is 0 Å². The monoisotopic (exact) mass is 371 g/mol. The van der Waals surface area contributed by atoms with E-state index in [1.165, 1.54) is 4.90 Å². The number of rotatable bonds is 3. The number of imide groups is 1. The molecule has 0 saturated carbocycles. The highest BCUT2D eigenvalue weighted by Gasteiger charge is 2.34. The Kier molecular flexibility index (Phi) is 4.60. The number of carbonyl (C=O) groups is 2. The molecule has 1 atom stereocenters. The number of hydrogen-bond acceptors (Lipinski definition) is 2. The fourth-order valence-corrected chi connectivity index (χ4v) is 3.13. The molecule has 0 N–H and O–H groups in total. The molecule has 1 unspecified atom stereocenters. The molecule has 1 aromatic carbocycles. The van der Waals surface area contributed by atoms with Gasteiger partial charge in [-0.1, -0.05) is 25.5 Å². The second kappa shape index (κ2) is 6.03. The molecule has 2 amide bonds. The van der Waals surface area contributed by atoms with Gasteiger partial charge in [0.1, 0.15) is 0 Å². The summed E-state index contributed by atoms with van der Waals surface area (Å²) < 4.78 is 0.942. The molecule has 0 spiro atoms. The number of carbonyl (C=O) groups excluding carboxylic acids is 2. The van der Waals surface area contributed by atoms with E-state index in [-0.39, 0.29) is 11.8 Å². The van der Waals surface area contributed by atoms with Gasteiger partial charge in [-0.15, -0.1) is 0 Å². The summed E-state index contributed by atoms with van der Waals surface area (Å²) in [5, 5.41) is 0. The summed E-state index contributed by atoms with van der Waals surface area (Å²) >= 11 is 2.18. The van der Waals surface area contributed by atoms with Crippen molar-refractivity contribution in [1.82, 2.24) is 4.90 Å². The number of halogens is 1. The minimum atomic E-state index is -0.142. The van der Waals surface area contributed by atoms with E-state index < -0.39 is 0 Å².